The smallest absolute Gasteiger partial charge is 0.318 e. The van der Waals surface area contributed by atoms with Gasteiger partial charge in [-0.1, -0.05) is 36.4 Å². The van der Waals surface area contributed by atoms with Crippen molar-refractivity contribution in [1.29, 1.82) is 5.26 Å². The van der Waals surface area contributed by atoms with Crippen molar-refractivity contribution >= 4 is 39.8 Å². The number of nitrogens with zero attached hydrogens (tertiary/aromatic N) is 7. The fraction of sp³-hybridized carbons (Fsp3) is 0.486. The van der Waals surface area contributed by atoms with Gasteiger partial charge < -0.3 is 24.3 Å². The summed E-state index contributed by atoms with van der Waals surface area (Å²) in [5, 5.41) is 11.1. The molecule has 4 aliphatic rings. The molecule has 1 atom stereocenters. The summed E-state index contributed by atoms with van der Waals surface area (Å²) in [4.78, 5) is 30.5. The summed E-state index contributed by atoms with van der Waals surface area (Å²) in [6.07, 6.45) is 5.35. The maximum Gasteiger partial charge on any atom is 0.318 e. The van der Waals surface area contributed by atoms with Crippen LogP contribution in [0.5, 0.6) is 6.01 Å². The second-order valence-electron chi connectivity index (χ2n) is 13.5. The molecule has 2 aliphatic heterocycles. The van der Waals surface area contributed by atoms with Gasteiger partial charge in [-0.25, -0.2) is 8.78 Å². The average molecular weight is 662 g/mol. The number of hydrogen-bond acceptors (Lipinski definition) is 8. The highest BCUT2D eigenvalue weighted by Crippen LogP contribution is 2.48. The van der Waals surface area contributed by atoms with Crippen LogP contribution in [0.2, 0.25) is 5.02 Å². The van der Waals surface area contributed by atoms with E-state index in [0.717, 1.165) is 41.7 Å². The number of aromatic nitrogens is 2. The molecular weight excluding hydrogens is 624 g/mol. The van der Waals surface area contributed by atoms with Crippen LogP contribution in [0.15, 0.2) is 42.7 Å². The minimum Gasteiger partial charge on any atom is -0.463 e. The van der Waals surface area contributed by atoms with E-state index in [0.29, 0.717) is 56.5 Å². The van der Waals surface area contributed by atoms with Gasteiger partial charge in [-0.2, -0.15) is 15.2 Å². The topological polar surface area (TPSA) is 88.8 Å². The van der Waals surface area contributed by atoms with Crippen LogP contribution in [-0.4, -0.2) is 84.1 Å². The highest BCUT2D eigenvalue weighted by atomic mass is 35.5. The average Bonchev–Trinajstić information content (AvgIpc) is 4.01. The number of nitriles is 1. The highest BCUT2D eigenvalue weighted by molar-refractivity contribution is 6.36. The number of carbonyl (C=O) groups is 1. The second kappa shape index (κ2) is 12.5. The Kier molecular flexibility index (Phi) is 8.43. The molecule has 12 heteroatoms. The summed E-state index contributed by atoms with van der Waals surface area (Å²) in [5.74, 6) is -1.58. The molecule has 3 aromatic rings. The van der Waals surface area contributed by atoms with E-state index in [2.05, 4.69) is 34.4 Å². The third-order valence-corrected chi connectivity index (χ3v) is 10.5. The Morgan fingerprint density at radius 3 is 2.72 bits per heavy atom. The van der Waals surface area contributed by atoms with Gasteiger partial charge >= 0.3 is 6.01 Å². The molecular formula is C35H38ClF2N7O2. The van der Waals surface area contributed by atoms with E-state index in [1.54, 1.807) is 6.07 Å². The maximum atomic E-state index is 14.6. The van der Waals surface area contributed by atoms with Gasteiger partial charge in [0.05, 0.1) is 42.4 Å². The molecule has 246 valence electrons. The number of amides is 1. The molecule has 0 spiro atoms. The number of fused-ring (bicyclic) bond motifs is 2. The van der Waals surface area contributed by atoms with E-state index in [1.165, 1.54) is 23.8 Å². The Morgan fingerprint density at radius 1 is 1.19 bits per heavy atom. The van der Waals surface area contributed by atoms with Gasteiger partial charge in [0.25, 0.3) is 5.91 Å². The number of anilines is 2. The van der Waals surface area contributed by atoms with E-state index in [1.807, 2.05) is 18.2 Å². The Morgan fingerprint density at radius 2 is 2.00 bits per heavy atom. The van der Waals surface area contributed by atoms with Gasteiger partial charge in [-0.05, 0) is 56.7 Å². The number of carbonyl (C=O) groups excluding carboxylic acids is 1. The van der Waals surface area contributed by atoms with Crippen LogP contribution in [0.25, 0.3) is 10.8 Å². The Bertz CT molecular complexity index is 1770. The van der Waals surface area contributed by atoms with Gasteiger partial charge in [0.15, 0.2) is 5.83 Å². The van der Waals surface area contributed by atoms with Gasteiger partial charge in [0, 0.05) is 60.8 Å². The molecule has 2 aliphatic carbocycles. The predicted octanol–water partition coefficient (Wildman–Crippen LogP) is 5.65. The number of ether oxygens (including phenoxy) is 1. The third-order valence-electron chi connectivity index (χ3n) is 10.1. The molecule has 0 bridgehead atoms. The van der Waals surface area contributed by atoms with E-state index < -0.39 is 23.6 Å². The van der Waals surface area contributed by atoms with Crippen LogP contribution < -0.4 is 14.5 Å². The van der Waals surface area contributed by atoms with Crippen molar-refractivity contribution in [2.24, 2.45) is 5.41 Å². The van der Waals surface area contributed by atoms with Crippen molar-refractivity contribution in [3.63, 3.8) is 0 Å². The molecule has 2 aromatic carbocycles. The number of benzene rings is 2. The van der Waals surface area contributed by atoms with E-state index in [9.17, 15) is 18.8 Å². The van der Waals surface area contributed by atoms with Crippen LogP contribution in [-0.2, 0) is 17.8 Å². The lowest BCUT2D eigenvalue weighted by atomic mass is 10.0. The van der Waals surface area contributed by atoms with Crippen molar-refractivity contribution in [3.05, 3.63) is 64.8 Å². The Hall–Kier alpha value is -4.01. The molecule has 1 unspecified atom stereocenters. The van der Waals surface area contributed by atoms with E-state index in [4.69, 9.17) is 26.3 Å². The minimum absolute atomic E-state index is 0.0510. The number of rotatable bonds is 10. The molecule has 1 aromatic heterocycles. The van der Waals surface area contributed by atoms with Crippen LogP contribution in [0.1, 0.15) is 43.4 Å². The molecule has 1 saturated heterocycles. The lowest BCUT2D eigenvalue weighted by Gasteiger charge is -2.42. The molecule has 9 nitrogen and oxygen atoms in total. The third kappa shape index (κ3) is 6.33. The van der Waals surface area contributed by atoms with Gasteiger partial charge in [0.1, 0.15) is 11.6 Å². The molecule has 1 amide bonds. The molecule has 7 rings (SSSR count). The normalized spacial score (nSPS) is 20.3. The first kappa shape index (κ1) is 31.6. The molecule has 3 heterocycles. The first-order chi connectivity index (χ1) is 22.7. The first-order valence-electron chi connectivity index (χ1n) is 16.3. The largest absolute Gasteiger partial charge is 0.463 e. The number of halogens is 3. The monoisotopic (exact) mass is 661 g/mol. The quantitative estimate of drug-likeness (QED) is 0.258. The second-order valence-corrected chi connectivity index (χ2v) is 13.8. The van der Waals surface area contributed by atoms with Crippen LogP contribution >= 0.6 is 11.6 Å². The van der Waals surface area contributed by atoms with Gasteiger partial charge in [0.2, 0.25) is 0 Å². The maximum absolute atomic E-state index is 14.6. The Labute approximate surface area is 278 Å². The summed E-state index contributed by atoms with van der Waals surface area (Å²) in [5.41, 5.74) is 2.68. The van der Waals surface area contributed by atoms with Crippen LogP contribution in [0.4, 0.5) is 20.3 Å². The minimum atomic E-state index is -1.04. The van der Waals surface area contributed by atoms with Crippen molar-refractivity contribution in [1.82, 2.24) is 19.8 Å². The summed E-state index contributed by atoms with van der Waals surface area (Å²) < 4.78 is 34.9. The van der Waals surface area contributed by atoms with Crippen molar-refractivity contribution < 1.29 is 18.3 Å². The zero-order valence-electron chi connectivity index (χ0n) is 26.5. The zero-order chi connectivity index (χ0) is 32.9. The van der Waals surface area contributed by atoms with Crippen molar-refractivity contribution in [2.45, 2.75) is 57.2 Å². The number of hydrogen-bond donors (Lipinski definition) is 0. The Balaban J connectivity index is 1.21. The lowest BCUT2D eigenvalue weighted by Crippen LogP contribution is -2.55. The molecule has 0 radical (unpaired) electrons. The van der Waals surface area contributed by atoms with E-state index >= 15 is 0 Å². The number of piperazine rings is 1. The molecule has 3 fully saturated rings. The van der Waals surface area contributed by atoms with Crippen molar-refractivity contribution in [2.75, 3.05) is 56.2 Å². The SMILES string of the molecule is C=C(F)C(=O)N1CCN(c2nc(OCC3(CN(C)C4CC4)CC3)nc3c2CCN(c2cccc4ccc(F)c(Cl)c24)C3)CC1CC#N. The summed E-state index contributed by atoms with van der Waals surface area (Å²) in [6.45, 7) is 6.68. The fourth-order valence-electron chi connectivity index (χ4n) is 7.14. The summed E-state index contributed by atoms with van der Waals surface area (Å²) >= 11 is 6.51. The lowest BCUT2D eigenvalue weighted by molar-refractivity contribution is -0.131. The summed E-state index contributed by atoms with van der Waals surface area (Å²) in [7, 11) is 2.19. The van der Waals surface area contributed by atoms with Crippen molar-refractivity contribution in [3.8, 4) is 12.1 Å². The zero-order valence-corrected chi connectivity index (χ0v) is 27.3. The first-order valence-corrected chi connectivity index (χ1v) is 16.7. The van der Waals surface area contributed by atoms with Gasteiger partial charge in [-0.15, -0.1) is 0 Å². The molecule has 0 N–H and O–H groups in total. The van der Waals surface area contributed by atoms with E-state index in [-0.39, 0.29) is 29.4 Å². The predicted molar refractivity (Wildman–Crippen MR) is 177 cm³/mol. The standard InChI is InChI=1S/C35H38ClF2N7O2/c1-22(37)33(46)45-17-16-44(18-25(45)10-14-39)32-26-11-15-43(29-5-3-4-23-6-9-27(38)31(36)30(23)29)19-28(26)40-34(41-32)47-21-35(12-13-35)20-42(2)24-7-8-24/h3-6,9,24-25H,1,7-8,10-13,15-21H2,2H3. The van der Waals surface area contributed by atoms with Gasteiger partial charge in [-0.3, -0.25) is 4.79 Å². The molecule has 2 saturated carbocycles. The van der Waals surface area contributed by atoms with Crippen LogP contribution in [0, 0.1) is 22.6 Å². The fourth-order valence-corrected chi connectivity index (χ4v) is 7.41. The highest BCUT2D eigenvalue weighted by Gasteiger charge is 2.46. The summed E-state index contributed by atoms with van der Waals surface area (Å²) in [6, 6.07) is 11.5. The molecule has 47 heavy (non-hydrogen) atoms. The van der Waals surface area contributed by atoms with Crippen LogP contribution in [0.3, 0.4) is 0 Å².